The highest BCUT2D eigenvalue weighted by Crippen LogP contribution is 2.41. The molecule has 1 heterocycles. The molecule has 0 saturated heterocycles. The molecule has 0 fully saturated rings. The molecule has 3 heteroatoms. The summed E-state index contributed by atoms with van der Waals surface area (Å²) >= 11 is 0. The summed E-state index contributed by atoms with van der Waals surface area (Å²) in [6.45, 7) is 7.26. The average Bonchev–Trinajstić information content (AvgIpc) is 2.74. The lowest BCUT2D eigenvalue weighted by Gasteiger charge is -2.16. The van der Waals surface area contributed by atoms with Crippen LogP contribution in [0.1, 0.15) is 31.9 Å². The number of rotatable bonds is 4. The largest absolute Gasteiger partial charge is 1.00 e. The van der Waals surface area contributed by atoms with Gasteiger partial charge in [-0.25, -0.2) is 0 Å². The van der Waals surface area contributed by atoms with Crippen LogP contribution in [0.2, 0.25) is 0 Å². The summed E-state index contributed by atoms with van der Waals surface area (Å²) in [4.78, 5) is 0. The summed E-state index contributed by atoms with van der Waals surface area (Å²) in [5.41, 5.74) is 5.05. The van der Waals surface area contributed by atoms with Gasteiger partial charge in [0.15, 0.2) is 5.71 Å². The number of hydrogen-bond donors (Lipinski definition) is 0. The smallest absolute Gasteiger partial charge is 0.209 e. The summed E-state index contributed by atoms with van der Waals surface area (Å²) in [6.07, 6.45) is 4.42. The lowest BCUT2D eigenvalue weighted by molar-refractivity contribution is -0.401. The molecule has 0 aromatic heterocycles. The van der Waals surface area contributed by atoms with Gasteiger partial charge in [-0.3, -0.25) is 0 Å². The van der Waals surface area contributed by atoms with Crippen LogP contribution in [0.4, 0.5) is 5.69 Å². The molecular weight excluding hydrogens is 409 g/mol. The van der Waals surface area contributed by atoms with E-state index >= 15 is 0 Å². The molecule has 0 aliphatic carbocycles. The zero-order valence-electron chi connectivity index (χ0n) is 14.7. The van der Waals surface area contributed by atoms with Crippen LogP contribution < -0.4 is 28.7 Å². The van der Waals surface area contributed by atoms with E-state index in [4.69, 9.17) is 4.74 Å². The molecule has 0 unspecified atom stereocenters. The highest BCUT2D eigenvalue weighted by Gasteiger charge is 2.43. The highest BCUT2D eigenvalue weighted by molar-refractivity contribution is 6.05. The van der Waals surface area contributed by atoms with E-state index in [0.717, 1.165) is 5.75 Å². The van der Waals surface area contributed by atoms with Crippen LogP contribution in [0.3, 0.4) is 0 Å². The molecule has 126 valence electrons. The van der Waals surface area contributed by atoms with Gasteiger partial charge in [0.05, 0.1) is 12.0 Å². The van der Waals surface area contributed by atoms with Gasteiger partial charge in [0.25, 0.3) is 0 Å². The van der Waals surface area contributed by atoms with Crippen molar-refractivity contribution in [2.75, 3.05) is 13.7 Å². The molecule has 0 spiro atoms. The fraction of sp³-hybridized carbons (Fsp3) is 0.286. The van der Waals surface area contributed by atoms with E-state index in [0.29, 0.717) is 6.61 Å². The Labute approximate surface area is 161 Å². The Bertz CT molecular complexity index is 776. The molecule has 2 nitrogen and oxygen atoms in total. The first-order valence-corrected chi connectivity index (χ1v) is 8.15. The van der Waals surface area contributed by atoms with E-state index in [2.05, 4.69) is 80.1 Å². The van der Waals surface area contributed by atoms with E-state index in [-0.39, 0.29) is 29.4 Å². The van der Waals surface area contributed by atoms with Crippen LogP contribution in [0.5, 0.6) is 5.75 Å². The van der Waals surface area contributed by atoms with Gasteiger partial charge in [-0.05, 0) is 44.5 Å². The predicted molar refractivity (Wildman–Crippen MR) is 97.0 cm³/mol. The molecule has 1 aliphatic heterocycles. The van der Waals surface area contributed by atoms with Crippen LogP contribution in [0.25, 0.3) is 6.08 Å². The molecule has 0 N–H and O–H groups in total. The first kappa shape index (κ1) is 18.7. The molecule has 3 rings (SSSR count). The Balaban J connectivity index is 0.00000208. The number of halogens is 1. The number of allylic oxidation sites excluding steroid dienone is 1. The van der Waals surface area contributed by atoms with Crippen molar-refractivity contribution in [3.63, 3.8) is 0 Å². The zero-order valence-corrected chi connectivity index (χ0v) is 16.9. The second kappa shape index (κ2) is 7.51. The van der Waals surface area contributed by atoms with Crippen molar-refractivity contribution in [3.05, 3.63) is 65.7 Å². The zero-order chi connectivity index (χ0) is 16.4. The lowest BCUT2D eigenvalue weighted by atomic mass is 9.81. The Hall–Kier alpha value is -1.62. The topological polar surface area (TPSA) is 12.2 Å². The molecule has 0 amide bonds. The van der Waals surface area contributed by atoms with Gasteiger partial charge in [0, 0.05) is 17.7 Å². The number of ether oxygens (including phenoxy) is 1. The molecule has 2 aromatic carbocycles. The minimum absolute atomic E-state index is 0. The Morgan fingerprint density at radius 2 is 1.75 bits per heavy atom. The maximum Gasteiger partial charge on any atom is 0.209 e. The highest BCUT2D eigenvalue weighted by atomic mass is 127. The van der Waals surface area contributed by atoms with E-state index in [1.165, 1.54) is 22.5 Å². The predicted octanol–water partition coefficient (Wildman–Crippen LogP) is 1.81. The minimum atomic E-state index is -0.0392. The second-order valence-electron chi connectivity index (χ2n) is 6.43. The monoisotopic (exact) mass is 433 g/mol. The van der Waals surface area contributed by atoms with Crippen molar-refractivity contribution in [1.29, 1.82) is 0 Å². The van der Waals surface area contributed by atoms with Crippen molar-refractivity contribution in [2.45, 2.75) is 26.2 Å². The third kappa shape index (κ3) is 3.41. The first-order valence-electron chi connectivity index (χ1n) is 8.15. The average molecular weight is 433 g/mol. The van der Waals surface area contributed by atoms with Crippen LogP contribution in [0.15, 0.2) is 54.6 Å². The van der Waals surface area contributed by atoms with Crippen LogP contribution >= 0.6 is 0 Å². The van der Waals surface area contributed by atoms with Gasteiger partial charge in [0.1, 0.15) is 12.8 Å². The number of fused-ring (bicyclic) bond motifs is 1. The molecule has 0 radical (unpaired) electrons. The third-order valence-electron chi connectivity index (χ3n) is 4.55. The van der Waals surface area contributed by atoms with Crippen LogP contribution in [-0.2, 0) is 5.41 Å². The second-order valence-corrected chi connectivity index (χ2v) is 6.43. The molecule has 0 bridgehead atoms. The summed E-state index contributed by atoms with van der Waals surface area (Å²) < 4.78 is 7.96. The van der Waals surface area contributed by atoms with Crippen molar-refractivity contribution in [3.8, 4) is 5.75 Å². The fourth-order valence-corrected chi connectivity index (χ4v) is 3.31. The van der Waals surface area contributed by atoms with Crippen molar-refractivity contribution in [2.24, 2.45) is 0 Å². The third-order valence-corrected chi connectivity index (χ3v) is 4.55. The molecule has 0 atom stereocenters. The van der Waals surface area contributed by atoms with Gasteiger partial charge in [-0.1, -0.05) is 30.3 Å². The lowest BCUT2D eigenvalue weighted by Crippen LogP contribution is -3.00. The normalized spacial score (nSPS) is 15.3. The molecule has 2 aromatic rings. The van der Waals surface area contributed by atoms with Crippen LogP contribution in [-0.4, -0.2) is 23.9 Å². The summed E-state index contributed by atoms with van der Waals surface area (Å²) in [5.74, 6) is 0.945. The van der Waals surface area contributed by atoms with Gasteiger partial charge >= 0.3 is 0 Å². The van der Waals surface area contributed by atoms with Gasteiger partial charge in [-0.15, -0.1) is 0 Å². The number of nitrogens with zero attached hydrogens (tertiary/aromatic N) is 1. The first-order chi connectivity index (χ1) is 11.0. The summed E-state index contributed by atoms with van der Waals surface area (Å²) in [7, 11) is 2.14. The van der Waals surface area contributed by atoms with E-state index in [9.17, 15) is 0 Å². The van der Waals surface area contributed by atoms with Gasteiger partial charge < -0.3 is 28.7 Å². The van der Waals surface area contributed by atoms with Gasteiger partial charge in [-0.2, -0.15) is 4.58 Å². The standard InChI is InChI=1S/C21H24NO.HI/c1-5-23-17-12-13-19-18(15-17)21(2,3)20(22(19)4)14-11-16-9-7-6-8-10-16;/h6-15H,5H2,1-4H3;1H/q+1;/p-1/b14-11+;. The molecule has 0 saturated carbocycles. The van der Waals surface area contributed by atoms with Crippen molar-refractivity contribution >= 4 is 17.5 Å². The van der Waals surface area contributed by atoms with E-state index in [1.807, 2.05) is 13.0 Å². The SMILES string of the molecule is CCOc1ccc2c(c1)C(C)(C)C(/C=C/c1ccccc1)=[N+]2C.[I-]. The van der Waals surface area contributed by atoms with Gasteiger partial charge in [0.2, 0.25) is 5.69 Å². The Morgan fingerprint density at radius 3 is 2.42 bits per heavy atom. The minimum Gasteiger partial charge on any atom is -1.00 e. The maximum atomic E-state index is 5.68. The summed E-state index contributed by atoms with van der Waals surface area (Å²) in [6, 6.07) is 16.8. The maximum absolute atomic E-state index is 5.68. The quantitative estimate of drug-likeness (QED) is 0.530. The van der Waals surface area contributed by atoms with Crippen LogP contribution in [0, 0.1) is 0 Å². The van der Waals surface area contributed by atoms with Crippen molar-refractivity contribution < 1.29 is 33.3 Å². The van der Waals surface area contributed by atoms with E-state index in [1.54, 1.807) is 0 Å². The molecule has 24 heavy (non-hydrogen) atoms. The number of hydrogen-bond acceptors (Lipinski definition) is 1. The molecular formula is C21H24INO. The Morgan fingerprint density at radius 1 is 1.04 bits per heavy atom. The summed E-state index contributed by atoms with van der Waals surface area (Å²) in [5, 5.41) is 0. The fourth-order valence-electron chi connectivity index (χ4n) is 3.31. The van der Waals surface area contributed by atoms with Crippen molar-refractivity contribution in [1.82, 2.24) is 0 Å². The Kier molecular flexibility index (Phi) is 5.86. The molecule has 1 aliphatic rings. The van der Waals surface area contributed by atoms with E-state index < -0.39 is 0 Å². The number of benzene rings is 2.